The summed E-state index contributed by atoms with van der Waals surface area (Å²) in [4.78, 5) is 7.39. The Kier molecular flexibility index (Phi) is 8.48. The molecule has 12 rings (SSSR count). The summed E-state index contributed by atoms with van der Waals surface area (Å²) >= 11 is 0. The molecule has 63 heavy (non-hydrogen) atoms. The summed E-state index contributed by atoms with van der Waals surface area (Å²) in [6.45, 7) is 8.76. The number of hydrogen-bond donors (Lipinski definition) is 0. The minimum Gasteiger partial charge on any atom is -0.453 e. The number of benzene rings is 9. The molecule has 0 bridgehead atoms. The lowest BCUT2D eigenvalue weighted by Crippen LogP contribution is -2.61. The number of nitrogens with zero attached hydrogens (tertiary/aromatic N) is 3. The van der Waals surface area contributed by atoms with Crippen molar-refractivity contribution >= 4 is 96.2 Å². The van der Waals surface area contributed by atoms with Gasteiger partial charge in [-0.05, 0) is 116 Å². The standard InChI is InChI=1S/C58H44BN3O/c1-37-21-27-43(28-22-37)61-51-31-25-39(3)33-49(51)59-50-34-40(4)26-32-52(50)62(44-29-23-38(2)24-30-44)55-36-45(35-54(61)56(55)59)60(42-15-9-6-10-16-42)53-20-12-19-48-47-18-11-17-46(57(47)63-58(48)53)41-13-7-5-8-14-41/h5-36H,1-4H3. The van der Waals surface area contributed by atoms with Gasteiger partial charge in [0, 0.05) is 56.1 Å². The molecule has 0 saturated carbocycles. The van der Waals surface area contributed by atoms with Crippen LogP contribution in [0.4, 0.5) is 51.2 Å². The van der Waals surface area contributed by atoms with Crippen LogP contribution in [0.15, 0.2) is 199 Å². The third-order valence-electron chi connectivity index (χ3n) is 13.0. The van der Waals surface area contributed by atoms with Gasteiger partial charge in [-0.2, -0.15) is 0 Å². The van der Waals surface area contributed by atoms with Crippen LogP contribution in [0.3, 0.4) is 0 Å². The minimum atomic E-state index is 0.0117. The van der Waals surface area contributed by atoms with Gasteiger partial charge < -0.3 is 19.1 Å². The van der Waals surface area contributed by atoms with Crippen molar-refractivity contribution in [2.45, 2.75) is 27.7 Å². The van der Waals surface area contributed by atoms with Gasteiger partial charge in [-0.15, -0.1) is 0 Å². The molecule has 5 heteroatoms. The van der Waals surface area contributed by atoms with E-state index in [9.17, 15) is 0 Å². The van der Waals surface area contributed by atoms with E-state index in [0.717, 1.165) is 72.9 Å². The Bertz CT molecular complexity index is 3270. The third kappa shape index (κ3) is 5.91. The van der Waals surface area contributed by atoms with E-state index in [1.54, 1.807) is 0 Å². The number of fused-ring (bicyclic) bond motifs is 7. The van der Waals surface area contributed by atoms with Gasteiger partial charge in [0.05, 0.1) is 11.4 Å². The highest BCUT2D eigenvalue weighted by molar-refractivity contribution is 7.00. The van der Waals surface area contributed by atoms with E-state index >= 15 is 0 Å². The number of para-hydroxylation sites is 3. The van der Waals surface area contributed by atoms with E-state index in [4.69, 9.17) is 4.42 Å². The minimum absolute atomic E-state index is 0.0117. The summed E-state index contributed by atoms with van der Waals surface area (Å²) in [7, 11) is 0. The van der Waals surface area contributed by atoms with Crippen LogP contribution in [0.1, 0.15) is 22.3 Å². The van der Waals surface area contributed by atoms with Crippen molar-refractivity contribution in [3.63, 3.8) is 0 Å². The molecule has 4 nitrogen and oxygen atoms in total. The van der Waals surface area contributed by atoms with Crippen LogP contribution in [0.25, 0.3) is 33.1 Å². The molecule has 9 aromatic carbocycles. The molecule has 0 unspecified atom stereocenters. The average Bonchev–Trinajstić information content (AvgIpc) is 3.70. The van der Waals surface area contributed by atoms with Gasteiger partial charge in [0.25, 0.3) is 6.71 Å². The van der Waals surface area contributed by atoms with Crippen LogP contribution < -0.4 is 31.1 Å². The normalized spacial score (nSPS) is 12.7. The summed E-state index contributed by atoms with van der Waals surface area (Å²) in [5.41, 5.74) is 22.8. The highest BCUT2D eigenvalue weighted by atomic mass is 16.3. The highest BCUT2D eigenvalue weighted by Crippen LogP contribution is 2.50. The van der Waals surface area contributed by atoms with Crippen LogP contribution in [0, 0.1) is 27.7 Å². The predicted octanol–water partition coefficient (Wildman–Crippen LogP) is 14.0. The summed E-state index contributed by atoms with van der Waals surface area (Å²) in [6, 6.07) is 71.2. The number of anilines is 9. The van der Waals surface area contributed by atoms with Crippen molar-refractivity contribution in [2.75, 3.05) is 14.7 Å². The van der Waals surface area contributed by atoms with Crippen LogP contribution in [0.5, 0.6) is 0 Å². The lowest BCUT2D eigenvalue weighted by Gasteiger charge is -2.45. The first-order chi connectivity index (χ1) is 30.9. The van der Waals surface area contributed by atoms with Crippen molar-refractivity contribution in [1.29, 1.82) is 0 Å². The van der Waals surface area contributed by atoms with Crippen molar-refractivity contribution < 1.29 is 4.42 Å². The van der Waals surface area contributed by atoms with Crippen LogP contribution in [-0.2, 0) is 0 Å². The average molecular weight is 810 g/mol. The number of hydrogen-bond acceptors (Lipinski definition) is 4. The molecule has 1 aromatic heterocycles. The highest BCUT2D eigenvalue weighted by Gasteiger charge is 2.44. The molecule has 0 radical (unpaired) electrons. The molecule has 0 fully saturated rings. The summed E-state index contributed by atoms with van der Waals surface area (Å²) in [5, 5.41) is 2.18. The van der Waals surface area contributed by atoms with Crippen molar-refractivity contribution in [3.05, 3.63) is 216 Å². The summed E-state index contributed by atoms with van der Waals surface area (Å²) in [6.07, 6.45) is 0. The molecule has 0 saturated heterocycles. The molecule has 0 atom stereocenters. The molecule has 10 aromatic rings. The van der Waals surface area contributed by atoms with Gasteiger partial charge in [-0.25, -0.2) is 0 Å². The van der Waals surface area contributed by atoms with E-state index in [2.05, 4.69) is 237 Å². The Morgan fingerprint density at radius 2 is 0.921 bits per heavy atom. The Morgan fingerprint density at radius 1 is 0.413 bits per heavy atom. The topological polar surface area (TPSA) is 22.9 Å². The fraction of sp³-hybridized carbons (Fsp3) is 0.0690. The van der Waals surface area contributed by atoms with Gasteiger partial charge in [0.1, 0.15) is 5.58 Å². The second kappa shape index (κ2) is 14.4. The summed E-state index contributed by atoms with van der Waals surface area (Å²) in [5.74, 6) is 0. The largest absolute Gasteiger partial charge is 0.453 e. The van der Waals surface area contributed by atoms with Crippen LogP contribution in [0.2, 0.25) is 0 Å². The zero-order valence-electron chi connectivity index (χ0n) is 35.8. The van der Waals surface area contributed by atoms with Gasteiger partial charge in [-0.1, -0.05) is 150 Å². The SMILES string of the molecule is Cc1ccc(N2c3ccc(C)cc3B3c4cc(C)ccc4N(c4ccc(C)cc4)c4cc(N(c5ccccc5)c5cccc6c5oc5c(-c7ccccc7)cccc56)cc2c43)cc1. The first-order valence-electron chi connectivity index (χ1n) is 21.9. The Labute approximate surface area is 369 Å². The second-order valence-corrected chi connectivity index (χ2v) is 17.3. The molecular formula is C58H44BN3O. The molecule has 0 N–H and O–H groups in total. The Balaban J connectivity index is 1.19. The first-order valence-corrected chi connectivity index (χ1v) is 21.9. The van der Waals surface area contributed by atoms with E-state index in [-0.39, 0.29) is 6.71 Å². The molecule has 0 aliphatic carbocycles. The third-order valence-corrected chi connectivity index (χ3v) is 13.0. The maximum Gasteiger partial charge on any atom is 0.252 e. The van der Waals surface area contributed by atoms with Crippen molar-refractivity contribution in [3.8, 4) is 11.1 Å². The maximum atomic E-state index is 7.15. The molecule has 300 valence electrons. The van der Waals surface area contributed by atoms with Gasteiger partial charge in [0.2, 0.25) is 0 Å². The lowest BCUT2D eigenvalue weighted by molar-refractivity contribution is 0.670. The quantitative estimate of drug-likeness (QED) is 0.156. The second-order valence-electron chi connectivity index (χ2n) is 17.3. The van der Waals surface area contributed by atoms with Gasteiger partial charge in [0.15, 0.2) is 5.58 Å². The van der Waals surface area contributed by atoms with E-state index in [0.29, 0.717) is 0 Å². The molecule has 0 amide bonds. The molecule has 0 spiro atoms. The molecule has 2 aliphatic rings. The first kappa shape index (κ1) is 37.0. The maximum absolute atomic E-state index is 7.15. The fourth-order valence-electron chi connectivity index (χ4n) is 10.1. The molecule has 2 aliphatic heterocycles. The van der Waals surface area contributed by atoms with Gasteiger partial charge >= 0.3 is 0 Å². The Hall–Kier alpha value is -7.76. The summed E-state index contributed by atoms with van der Waals surface area (Å²) < 4.78 is 7.15. The predicted molar refractivity (Wildman–Crippen MR) is 267 cm³/mol. The monoisotopic (exact) mass is 809 g/mol. The number of furan rings is 1. The number of rotatable bonds is 6. The van der Waals surface area contributed by atoms with Crippen molar-refractivity contribution in [2.24, 2.45) is 0 Å². The smallest absolute Gasteiger partial charge is 0.252 e. The van der Waals surface area contributed by atoms with Crippen LogP contribution in [-0.4, -0.2) is 6.71 Å². The zero-order valence-corrected chi connectivity index (χ0v) is 35.8. The van der Waals surface area contributed by atoms with Gasteiger partial charge in [-0.3, -0.25) is 0 Å². The van der Waals surface area contributed by atoms with Crippen molar-refractivity contribution in [1.82, 2.24) is 0 Å². The van der Waals surface area contributed by atoms with E-state index in [1.807, 2.05) is 0 Å². The molecule has 3 heterocycles. The van der Waals surface area contributed by atoms with E-state index in [1.165, 1.54) is 50.0 Å². The lowest BCUT2D eigenvalue weighted by atomic mass is 9.33. The van der Waals surface area contributed by atoms with Crippen LogP contribution >= 0.6 is 0 Å². The Morgan fingerprint density at radius 3 is 1.49 bits per heavy atom. The number of aryl methyl sites for hydroxylation is 4. The zero-order chi connectivity index (χ0) is 42.3. The molecular weight excluding hydrogens is 765 g/mol. The van der Waals surface area contributed by atoms with E-state index < -0.39 is 0 Å². The fourth-order valence-corrected chi connectivity index (χ4v) is 10.1.